The Bertz CT molecular complexity index is 856. The van der Waals surface area contributed by atoms with Gasteiger partial charge in [0.1, 0.15) is 11.6 Å². The van der Waals surface area contributed by atoms with Gasteiger partial charge in [0.2, 0.25) is 0 Å². The molecule has 1 aliphatic carbocycles. The summed E-state index contributed by atoms with van der Waals surface area (Å²) >= 11 is 0. The maximum Gasteiger partial charge on any atom is 0.313 e. The molecule has 3 N–H and O–H groups in total. The molecule has 0 saturated heterocycles. The first kappa shape index (κ1) is 18.0. The molecule has 2 aromatic carbocycles. The van der Waals surface area contributed by atoms with Crippen LogP contribution in [0.5, 0.6) is 0 Å². The number of anilines is 1. The predicted octanol–water partition coefficient (Wildman–Crippen LogP) is 1.94. The molecule has 0 aromatic heterocycles. The topological polar surface area (TPSA) is 78.4 Å². The van der Waals surface area contributed by atoms with Crippen LogP contribution < -0.4 is 10.6 Å². The van der Waals surface area contributed by atoms with Crippen molar-refractivity contribution < 1.29 is 23.5 Å². The summed E-state index contributed by atoms with van der Waals surface area (Å²) in [7, 11) is 0. The Labute approximate surface area is 149 Å². The maximum absolute atomic E-state index is 13.5. The summed E-state index contributed by atoms with van der Waals surface area (Å²) < 4.78 is 26.6. The van der Waals surface area contributed by atoms with E-state index < -0.39 is 34.7 Å². The SMILES string of the molecule is O=C(NCC1(O)CCc2ccccc2C1)C(=O)Nc1cc(F)ccc1F. The highest BCUT2D eigenvalue weighted by Crippen LogP contribution is 2.28. The molecule has 0 heterocycles. The fourth-order valence-electron chi connectivity index (χ4n) is 3.03. The number of carbonyl (C=O) groups excluding carboxylic acids is 2. The summed E-state index contributed by atoms with van der Waals surface area (Å²) in [5.74, 6) is -3.75. The number of carbonyl (C=O) groups is 2. The van der Waals surface area contributed by atoms with Gasteiger partial charge >= 0.3 is 11.8 Å². The van der Waals surface area contributed by atoms with Gasteiger partial charge in [0.25, 0.3) is 0 Å². The zero-order valence-corrected chi connectivity index (χ0v) is 13.9. The third kappa shape index (κ3) is 4.05. The molecule has 7 heteroatoms. The van der Waals surface area contributed by atoms with Crippen LogP contribution in [-0.4, -0.2) is 29.1 Å². The number of fused-ring (bicyclic) bond motifs is 1. The number of aryl methyl sites for hydroxylation is 1. The lowest BCUT2D eigenvalue weighted by Gasteiger charge is -2.33. The lowest BCUT2D eigenvalue weighted by molar-refractivity contribution is -0.136. The average Bonchev–Trinajstić information content (AvgIpc) is 2.62. The lowest BCUT2D eigenvalue weighted by atomic mass is 9.80. The summed E-state index contributed by atoms with van der Waals surface area (Å²) in [6.45, 7) is -0.112. The van der Waals surface area contributed by atoms with Crippen molar-refractivity contribution in [2.75, 3.05) is 11.9 Å². The van der Waals surface area contributed by atoms with Crippen molar-refractivity contribution in [2.45, 2.75) is 24.9 Å². The largest absolute Gasteiger partial charge is 0.388 e. The van der Waals surface area contributed by atoms with Crippen LogP contribution in [0.1, 0.15) is 17.5 Å². The summed E-state index contributed by atoms with van der Waals surface area (Å²) in [5, 5.41) is 15.0. The summed E-state index contributed by atoms with van der Waals surface area (Å²) in [4.78, 5) is 23.8. The zero-order valence-electron chi connectivity index (χ0n) is 13.9. The Morgan fingerprint density at radius 3 is 2.58 bits per heavy atom. The number of benzene rings is 2. The number of hydrogen-bond donors (Lipinski definition) is 3. The molecule has 0 saturated carbocycles. The normalized spacial score (nSPS) is 18.7. The molecule has 1 aliphatic rings. The minimum Gasteiger partial charge on any atom is -0.388 e. The van der Waals surface area contributed by atoms with E-state index in [0.717, 1.165) is 29.3 Å². The van der Waals surface area contributed by atoms with Crippen molar-refractivity contribution in [1.29, 1.82) is 0 Å². The van der Waals surface area contributed by atoms with Crippen molar-refractivity contribution in [3.8, 4) is 0 Å². The van der Waals surface area contributed by atoms with E-state index in [1.54, 1.807) is 0 Å². The molecule has 0 bridgehead atoms. The quantitative estimate of drug-likeness (QED) is 0.732. The summed E-state index contributed by atoms with van der Waals surface area (Å²) in [6, 6.07) is 10.3. The smallest absolute Gasteiger partial charge is 0.313 e. The van der Waals surface area contributed by atoms with Gasteiger partial charge in [-0.1, -0.05) is 24.3 Å². The number of amides is 2. The van der Waals surface area contributed by atoms with Gasteiger partial charge in [0.05, 0.1) is 11.3 Å². The van der Waals surface area contributed by atoms with Crippen molar-refractivity contribution in [2.24, 2.45) is 0 Å². The van der Waals surface area contributed by atoms with E-state index in [0.29, 0.717) is 19.3 Å². The van der Waals surface area contributed by atoms with Gasteiger partial charge in [-0.05, 0) is 36.1 Å². The average molecular weight is 360 g/mol. The van der Waals surface area contributed by atoms with E-state index in [2.05, 4.69) is 5.32 Å². The highest BCUT2D eigenvalue weighted by molar-refractivity contribution is 6.39. The van der Waals surface area contributed by atoms with Crippen LogP contribution in [0.3, 0.4) is 0 Å². The monoisotopic (exact) mass is 360 g/mol. The Hall–Kier alpha value is -2.80. The predicted molar refractivity (Wildman–Crippen MR) is 91.4 cm³/mol. The molecule has 26 heavy (non-hydrogen) atoms. The van der Waals surface area contributed by atoms with Crippen molar-refractivity contribution >= 4 is 17.5 Å². The Morgan fingerprint density at radius 1 is 1.08 bits per heavy atom. The molecule has 3 rings (SSSR count). The van der Waals surface area contributed by atoms with Crippen molar-refractivity contribution in [1.82, 2.24) is 5.32 Å². The Morgan fingerprint density at radius 2 is 1.81 bits per heavy atom. The summed E-state index contributed by atoms with van der Waals surface area (Å²) in [5.41, 5.74) is 0.578. The molecule has 136 valence electrons. The molecular weight excluding hydrogens is 342 g/mol. The lowest BCUT2D eigenvalue weighted by Crippen LogP contribution is -2.49. The minimum absolute atomic E-state index is 0.112. The molecule has 1 unspecified atom stereocenters. The van der Waals surface area contributed by atoms with E-state index in [1.807, 2.05) is 29.6 Å². The van der Waals surface area contributed by atoms with Gasteiger partial charge in [-0.25, -0.2) is 8.78 Å². The third-order valence-corrected chi connectivity index (χ3v) is 4.46. The molecule has 2 amide bonds. The Kier molecular flexibility index (Phi) is 4.99. The second kappa shape index (κ2) is 7.21. The standard InChI is InChI=1S/C19H18F2N2O3/c20-14-5-6-15(21)16(9-14)23-18(25)17(24)22-11-19(26)8-7-12-3-1-2-4-13(12)10-19/h1-6,9,26H,7-8,10-11H2,(H,22,24)(H,23,25). The van der Waals surface area contributed by atoms with Gasteiger partial charge < -0.3 is 15.7 Å². The fraction of sp³-hybridized carbons (Fsp3) is 0.263. The Balaban J connectivity index is 1.58. The van der Waals surface area contributed by atoms with E-state index in [1.165, 1.54) is 0 Å². The number of nitrogens with one attached hydrogen (secondary N) is 2. The van der Waals surface area contributed by atoms with Crippen LogP contribution in [0.4, 0.5) is 14.5 Å². The van der Waals surface area contributed by atoms with Crippen LogP contribution >= 0.6 is 0 Å². The number of hydrogen-bond acceptors (Lipinski definition) is 3. The number of halogens is 2. The van der Waals surface area contributed by atoms with Gasteiger partial charge in [-0.2, -0.15) is 0 Å². The number of rotatable bonds is 3. The number of aliphatic hydroxyl groups is 1. The highest BCUT2D eigenvalue weighted by Gasteiger charge is 2.33. The van der Waals surface area contributed by atoms with Crippen molar-refractivity contribution in [3.05, 3.63) is 65.2 Å². The van der Waals surface area contributed by atoms with Crippen LogP contribution in [-0.2, 0) is 22.4 Å². The molecule has 0 radical (unpaired) electrons. The molecule has 0 aliphatic heterocycles. The molecule has 2 aromatic rings. The van der Waals surface area contributed by atoms with Crippen molar-refractivity contribution in [3.63, 3.8) is 0 Å². The molecule has 1 atom stereocenters. The van der Waals surface area contributed by atoms with Gasteiger partial charge in [0, 0.05) is 19.0 Å². The highest BCUT2D eigenvalue weighted by atomic mass is 19.1. The molecular formula is C19H18F2N2O3. The van der Waals surface area contributed by atoms with E-state index in [4.69, 9.17) is 0 Å². The van der Waals surface area contributed by atoms with E-state index in [-0.39, 0.29) is 6.54 Å². The van der Waals surface area contributed by atoms with Crippen LogP contribution in [0.15, 0.2) is 42.5 Å². The van der Waals surface area contributed by atoms with Crippen LogP contribution in [0.25, 0.3) is 0 Å². The van der Waals surface area contributed by atoms with Crippen LogP contribution in [0, 0.1) is 11.6 Å². The van der Waals surface area contributed by atoms with E-state index in [9.17, 15) is 23.5 Å². The first-order valence-electron chi connectivity index (χ1n) is 8.20. The second-order valence-electron chi connectivity index (χ2n) is 6.43. The zero-order chi connectivity index (χ0) is 18.7. The fourth-order valence-corrected chi connectivity index (χ4v) is 3.03. The maximum atomic E-state index is 13.5. The summed E-state index contributed by atoms with van der Waals surface area (Å²) in [6.07, 6.45) is 1.48. The first-order valence-corrected chi connectivity index (χ1v) is 8.20. The van der Waals surface area contributed by atoms with Gasteiger partial charge in [-0.15, -0.1) is 0 Å². The van der Waals surface area contributed by atoms with Gasteiger partial charge in [0.15, 0.2) is 0 Å². The second-order valence-corrected chi connectivity index (χ2v) is 6.43. The van der Waals surface area contributed by atoms with E-state index >= 15 is 0 Å². The van der Waals surface area contributed by atoms with Crippen LogP contribution in [0.2, 0.25) is 0 Å². The third-order valence-electron chi connectivity index (χ3n) is 4.46. The molecule has 0 spiro atoms. The molecule has 5 nitrogen and oxygen atoms in total. The minimum atomic E-state index is -1.16. The molecule has 0 fully saturated rings. The first-order chi connectivity index (χ1) is 12.4. The van der Waals surface area contributed by atoms with Gasteiger partial charge in [-0.3, -0.25) is 9.59 Å².